The number of esters is 1. The Hall–Kier alpha value is -3.16. The summed E-state index contributed by atoms with van der Waals surface area (Å²) in [6, 6.07) is 7.20. The van der Waals surface area contributed by atoms with Crippen LogP contribution in [0.15, 0.2) is 41.0 Å². The molecule has 0 saturated heterocycles. The predicted octanol–water partition coefficient (Wildman–Crippen LogP) is 2.29. The summed E-state index contributed by atoms with van der Waals surface area (Å²) in [6.07, 6.45) is 1.31. The lowest BCUT2D eigenvalue weighted by atomic mass is 10.2. The van der Waals surface area contributed by atoms with Gasteiger partial charge < -0.3 is 14.5 Å². The molecular weight excluding hydrogens is 292 g/mol. The first kappa shape index (κ1) is 15.2. The van der Waals surface area contributed by atoms with Gasteiger partial charge in [-0.1, -0.05) is 6.07 Å². The number of anilines is 1. The Morgan fingerprint density at radius 3 is 2.77 bits per heavy atom. The van der Waals surface area contributed by atoms with E-state index in [0.29, 0.717) is 5.56 Å². The van der Waals surface area contributed by atoms with E-state index in [9.17, 15) is 19.7 Å². The predicted molar refractivity (Wildman–Crippen MR) is 75.5 cm³/mol. The summed E-state index contributed by atoms with van der Waals surface area (Å²) in [5.74, 6) is -1.40. The number of rotatable bonds is 5. The van der Waals surface area contributed by atoms with Crippen LogP contribution in [-0.2, 0) is 9.53 Å². The second kappa shape index (κ2) is 6.53. The molecule has 0 fully saturated rings. The van der Waals surface area contributed by atoms with Crippen molar-refractivity contribution < 1.29 is 23.7 Å². The van der Waals surface area contributed by atoms with E-state index in [4.69, 9.17) is 9.15 Å². The number of nitro groups is 1. The van der Waals surface area contributed by atoms with Gasteiger partial charge in [0.2, 0.25) is 5.76 Å². The molecule has 0 aliphatic carbocycles. The van der Waals surface area contributed by atoms with Crippen molar-refractivity contribution in [2.75, 3.05) is 11.9 Å². The number of hydrogen-bond donors (Lipinski definition) is 1. The molecule has 1 N–H and O–H groups in total. The maximum atomic E-state index is 11.7. The third kappa shape index (κ3) is 3.69. The van der Waals surface area contributed by atoms with E-state index in [0.717, 1.165) is 0 Å². The van der Waals surface area contributed by atoms with Crippen LogP contribution < -0.4 is 5.32 Å². The smallest absolute Gasteiger partial charge is 0.374 e. The molecule has 0 bridgehead atoms. The molecule has 2 aromatic rings. The molecule has 1 amide bonds. The summed E-state index contributed by atoms with van der Waals surface area (Å²) in [5.41, 5.74) is 0.619. The number of aryl methyl sites for hydroxylation is 1. The summed E-state index contributed by atoms with van der Waals surface area (Å²) in [4.78, 5) is 33.4. The monoisotopic (exact) mass is 304 g/mol. The molecule has 22 heavy (non-hydrogen) atoms. The number of carbonyl (C=O) groups is 2. The average Bonchev–Trinajstić information content (AvgIpc) is 3.01. The Balaban J connectivity index is 1.93. The van der Waals surface area contributed by atoms with Crippen molar-refractivity contribution in [3.63, 3.8) is 0 Å². The zero-order valence-corrected chi connectivity index (χ0v) is 11.6. The molecular formula is C14H12N2O6. The molecule has 1 aromatic carbocycles. The molecule has 0 saturated carbocycles. The summed E-state index contributed by atoms with van der Waals surface area (Å²) < 4.78 is 9.56. The Morgan fingerprint density at radius 2 is 2.14 bits per heavy atom. The number of ether oxygens (including phenoxy) is 1. The van der Waals surface area contributed by atoms with Crippen LogP contribution in [-0.4, -0.2) is 23.4 Å². The number of benzene rings is 1. The van der Waals surface area contributed by atoms with Crippen molar-refractivity contribution in [3.05, 3.63) is 58.0 Å². The quantitative estimate of drug-likeness (QED) is 0.515. The van der Waals surface area contributed by atoms with Crippen LogP contribution in [0.4, 0.5) is 11.4 Å². The highest BCUT2D eigenvalue weighted by Crippen LogP contribution is 2.22. The number of nitrogens with one attached hydrogen (secondary N) is 1. The minimum absolute atomic E-state index is 0.0150. The van der Waals surface area contributed by atoms with Crippen LogP contribution in [0.25, 0.3) is 0 Å². The van der Waals surface area contributed by atoms with Crippen molar-refractivity contribution in [2.45, 2.75) is 6.92 Å². The van der Waals surface area contributed by atoms with Crippen molar-refractivity contribution in [3.8, 4) is 0 Å². The topological polar surface area (TPSA) is 112 Å². The second-order valence-corrected chi connectivity index (χ2v) is 4.36. The van der Waals surface area contributed by atoms with Crippen LogP contribution in [0.3, 0.4) is 0 Å². The highest BCUT2D eigenvalue weighted by atomic mass is 16.6. The van der Waals surface area contributed by atoms with Crippen molar-refractivity contribution in [2.24, 2.45) is 0 Å². The lowest BCUT2D eigenvalue weighted by Gasteiger charge is -2.06. The normalized spacial score (nSPS) is 10.0. The maximum absolute atomic E-state index is 11.7. The molecule has 0 radical (unpaired) electrons. The number of carbonyl (C=O) groups excluding carboxylic acids is 2. The zero-order valence-electron chi connectivity index (χ0n) is 11.6. The summed E-state index contributed by atoms with van der Waals surface area (Å²) in [6.45, 7) is 1.07. The van der Waals surface area contributed by atoms with Gasteiger partial charge >= 0.3 is 5.97 Å². The Labute approximate surface area is 124 Å². The van der Waals surface area contributed by atoms with Crippen molar-refractivity contribution >= 4 is 23.3 Å². The zero-order chi connectivity index (χ0) is 16.1. The molecule has 8 heteroatoms. The fraction of sp³-hybridized carbons (Fsp3) is 0.143. The van der Waals surface area contributed by atoms with Gasteiger partial charge in [-0.2, -0.15) is 0 Å². The van der Waals surface area contributed by atoms with Gasteiger partial charge in [-0.05, 0) is 25.1 Å². The van der Waals surface area contributed by atoms with Gasteiger partial charge in [0.25, 0.3) is 11.6 Å². The third-order valence-electron chi connectivity index (χ3n) is 2.75. The van der Waals surface area contributed by atoms with E-state index in [1.807, 2.05) is 0 Å². The molecule has 0 atom stereocenters. The lowest BCUT2D eigenvalue weighted by Crippen LogP contribution is -2.20. The van der Waals surface area contributed by atoms with Gasteiger partial charge in [0.15, 0.2) is 6.61 Å². The lowest BCUT2D eigenvalue weighted by molar-refractivity contribution is -0.385. The minimum Gasteiger partial charge on any atom is -0.457 e. The fourth-order valence-electron chi connectivity index (χ4n) is 1.68. The van der Waals surface area contributed by atoms with E-state index in [1.165, 1.54) is 36.6 Å². The van der Waals surface area contributed by atoms with Crippen LogP contribution in [0, 0.1) is 17.0 Å². The van der Waals surface area contributed by atoms with Crippen LogP contribution >= 0.6 is 0 Å². The Kier molecular flexibility index (Phi) is 4.52. The molecule has 8 nitrogen and oxygen atoms in total. The Morgan fingerprint density at radius 1 is 1.36 bits per heavy atom. The molecule has 0 aliphatic rings. The molecule has 1 aromatic heterocycles. The second-order valence-electron chi connectivity index (χ2n) is 4.36. The summed E-state index contributed by atoms with van der Waals surface area (Å²) in [7, 11) is 0. The summed E-state index contributed by atoms with van der Waals surface area (Å²) in [5, 5.41) is 13.2. The highest BCUT2D eigenvalue weighted by molar-refractivity contribution is 5.94. The van der Waals surface area contributed by atoms with Gasteiger partial charge in [-0.25, -0.2) is 4.79 Å². The van der Waals surface area contributed by atoms with E-state index in [1.54, 1.807) is 6.92 Å². The molecule has 0 aliphatic heterocycles. The maximum Gasteiger partial charge on any atom is 0.374 e. The van der Waals surface area contributed by atoms with Crippen molar-refractivity contribution in [1.82, 2.24) is 0 Å². The fourth-order valence-corrected chi connectivity index (χ4v) is 1.68. The van der Waals surface area contributed by atoms with Gasteiger partial charge in [0.05, 0.1) is 11.2 Å². The van der Waals surface area contributed by atoms with Gasteiger partial charge in [-0.15, -0.1) is 0 Å². The van der Waals surface area contributed by atoms with E-state index in [2.05, 4.69) is 5.32 Å². The largest absolute Gasteiger partial charge is 0.457 e. The van der Waals surface area contributed by atoms with E-state index < -0.39 is 23.4 Å². The average molecular weight is 304 g/mol. The minimum atomic E-state index is -0.768. The number of hydrogen-bond acceptors (Lipinski definition) is 6. The van der Waals surface area contributed by atoms with Crippen LogP contribution in [0.1, 0.15) is 16.1 Å². The number of furan rings is 1. The molecule has 0 unspecified atom stereocenters. The summed E-state index contributed by atoms with van der Waals surface area (Å²) >= 11 is 0. The first-order valence-corrected chi connectivity index (χ1v) is 6.23. The molecule has 114 valence electrons. The van der Waals surface area contributed by atoms with Crippen LogP contribution in [0.2, 0.25) is 0 Å². The van der Waals surface area contributed by atoms with E-state index in [-0.39, 0.29) is 17.1 Å². The van der Waals surface area contributed by atoms with E-state index >= 15 is 0 Å². The SMILES string of the molecule is Cc1ccc(NC(=O)COC(=O)c2ccco2)cc1[N+](=O)[O-]. The molecule has 2 rings (SSSR count). The number of amides is 1. The van der Waals surface area contributed by atoms with Gasteiger partial charge in [0.1, 0.15) is 0 Å². The van der Waals surface area contributed by atoms with Gasteiger partial charge in [-0.3, -0.25) is 14.9 Å². The first-order valence-electron chi connectivity index (χ1n) is 6.23. The Bertz CT molecular complexity index is 708. The highest BCUT2D eigenvalue weighted by Gasteiger charge is 2.15. The standard InChI is InChI=1S/C14H12N2O6/c1-9-4-5-10(7-11(9)16(19)20)15-13(17)8-22-14(18)12-3-2-6-21-12/h2-7H,8H2,1H3,(H,15,17). The number of nitro benzene ring substituents is 1. The molecule has 1 heterocycles. The first-order chi connectivity index (χ1) is 10.5. The number of nitrogens with zero attached hydrogens (tertiary/aromatic N) is 1. The van der Waals surface area contributed by atoms with Crippen molar-refractivity contribution in [1.29, 1.82) is 0 Å². The van der Waals surface area contributed by atoms with Gasteiger partial charge in [0, 0.05) is 17.3 Å². The molecule has 0 spiro atoms. The third-order valence-corrected chi connectivity index (χ3v) is 2.75. The van der Waals surface area contributed by atoms with Crippen LogP contribution in [0.5, 0.6) is 0 Å².